The molecule has 1 aromatic rings. The van der Waals surface area contributed by atoms with E-state index in [1.54, 1.807) is 18.3 Å². The van der Waals surface area contributed by atoms with E-state index < -0.39 is 10.0 Å². The molecule has 2 aliphatic rings. The normalized spacial score (nSPS) is 20.9. The molecule has 0 unspecified atom stereocenters. The van der Waals surface area contributed by atoms with Crippen LogP contribution in [0.15, 0.2) is 29.4 Å². The van der Waals surface area contributed by atoms with Crippen LogP contribution in [0.5, 0.6) is 0 Å². The molecule has 1 aliphatic heterocycles. The maximum atomic E-state index is 12.5. The Bertz CT molecular complexity index is 636. The molecule has 7 heteroatoms. The number of rotatable bonds is 5. The molecule has 0 aromatic carbocycles. The van der Waals surface area contributed by atoms with Crippen LogP contribution in [0.3, 0.4) is 0 Å². The molecule has 1 saturated heterocycles. The quantitative estimate of drug-likeness (QED) is 0.881. The van der Waals surface area contributed by atoms with Gasteiger partial charge in [-0.05, 0) is 43.7 Å². The molecule has 6 nitrogen and oxygen atoms in total. The third-order valence-corrected chi connectivity index (χ3v) is 6.77. The standard InChI is InChI=1S/C16H23N3O3S/c20-16(14-3-1-4-14)18-11-13-6-9-19(10-7-13)23(21,22)15-5-2-8-17-12-15/h2,5,8,12-14H,1,3-4,6-7,9-11H2,(H,18,20). The van der Waals surface area contributed by atoms with E-state index in [9.17, 15) is 13.2 Å². The fourth-order valence-electron chi connectivity index (χ4n) is 3.06. The van der Waals surface area contributed by atoms with Gasteiger partial charge in [0.15, 0.2) is 0 Å². The maximum Gasteiger partial charge on any atom is 0.244 e. The van der Waals surface area contributed by atoms with E-state index in [0.717, 1.165) is 32.1 Å². The minimum Gasteiger partial charge on any atom is -0.356 e. The second kappa shape index (κ2) is 6.97. The molecule has 0 spiro atoms. The van der Waals surface area contributed by atoms with E-state index >= 15 is 0 Å². The lowest BCUT2D eigenvalue weighted by Gasteiger charge is -2.32. The highest BCUT2D eigenvalue weighted by Gasteiger charge is 2.30. The van der Waals surface area contributed by atoms with Gasteiger partial charge in [-0.1, -0.05) is 6.42 Å². The minimum atomic E-state index is -3.44. The summed E-state index contributed by atoms with van der Waals surface area (Å²) in [7, 11) is -3.44. The van der Waals surface area contributed by atoms with Gasteiger partial charge in [-0.3, -0.25) is 9.78 Å². The molecule has 1 aliphatic carbocycles. The van der Waals surface area contributed by atoms with Gasteiger partial charge in [0.05, 0.1) is 0 Å². The van der Waals surface area contributed by atoms with Gasteiger partial charge in [0, 0.05) is 37.9 Å². The lowest BCUT2D eigenvalue weighted by atomic mass is 9.84. The van der Waals surface area contributed by atoms with Crippen molar-refractivity contribution in [1.82, 2.24) is 14.6 Å². The first kappa shape index (κ1) is 16.4. The molecule has 3 rings (SSSR count). The van der Waals surface area contributed by atoms with Gasteiger partial charge in [0.25, 0.3) is 0 Å². The molecule has 0 atom stereocenters. The molecule has 23 heavy (non-hydrogen) atoms. The number of pyridine rings is 1. The zero-order valence-electron chi connectivity index (χ0n) is 13.1. The number of carbonyl (C=O) groups is 1. The fourth-order valence-corrected chi connectivity index (χ4v) is 4.50. The van der Waals surface area contributed by atoms with Gasteiger partial charge >= 0.3 is 0 Å². The summed E-state index contributed by atoms with van der Waals surface area (Å²) in [5, 5.41) is 3.02. The number of aromatic nitrogens is 1. The van der Waals surface area contributed by atoms with Crippen molar-refractivity contribution >= 4 is 15.9 Å². The zero-order valence-corrected chi connectivity index (χ0v) is 14.0. The summed E-state index contributed by atoms with van der Waals surface area (Å²) >= 11 is 0. The lowest BCUT2D eigenvalue weighted by molar-refractivity contribution is -0.127. The molecule has 126 valence electrons. The molecule has 2 fully saturated rings. The van der Waals surface area contributed by atoms with E-state index in [1.807, 2.05) is 0 Å². The lowest BCUT2D eigenvalue weighted by Crippen LogP contribution is -2.43. The number of nitrogens with zero attached hydrogens (tertiary/aromatic N) is 2. The largest absolute Gasteiger partial charge is 0.356 e. The Morgan fingerprint density at radius 3 is 2.57 bits per heavy atom. The van der Waals surface area contributed by atoms with Crippen LogP contribution in [0, 0.1) is 11.8 Å². The SMILES string of the molecule is O=C(NCC1CCN(S(=O)(=O)c2cccnc2)CC1)C1CCC1. The second-order valence-corrected chi connectivity index (χ2v) is 8.35. The van der Waals surface area contributed by atoms with Crippen LogP contribution in [-0.4, -0.2) is 43.2 Å². The topological polar surface area (TPSA) is 79.4 Å². The highest BCUT2D eigenvalue weighted by atomic mass is 32.2. The molecule has 0 bridgehead atoms. The molecule has 0 radical (unpaired) electrons. The number of nitrogens with one attached hydrogen (secondary N) is 1. The molecule has 1 N–H and O–H groups in total. The summed E-state index contributed by atoms with van der Waals surface area (Å²) in [5.74, 6) is 0.738. The Kier molecular flexibility index (Phi) is 4.96. The predicted molar refractivity (Wildman–Crippen MR) is 86.1 cm³/mol. The average Bonchev–Trinajstić information content (AvgIpc) is 2.52. The smallest absolute Gasteiger partial charge is 0.244 e. The summed E-state index contributed by atoms with van der Waals surface area (Å²) < 4.78 is 26.5. The van der Waals surface area contributed by atoms with Crippen LogP contribution < -0.4 is 5.32 Å². The zero-order chi connectivity index (χ0) is 16.3. The van der Waals surface area contributed by atoms with Gasteiger partial charge in [-0.25, -0.2) is 8.42 Å². The van der Waals surface area contributed by atoms with Crippen molar-refractivity contribution in [3.05, 3.63) is 24.5 Å². The van der Waals surface area contributed by atoms with Crippen molar-refractivity contribution in [2.24, 2.45) is 11.8 Å². The third-order valence-electron chi connectivity index (χ3n) is 4.89. The van der Waals surface area contributed by atoms with Crippen LogP contribution in [-0.2, 0) is 14.8 Å². The maximum absolute atomic E-state index is 12.5. The van der Waals surface area contributed by atoms with Crippen LogP contribution in [0.1, 0.15) is 32.1 Å². The number of hydrogen-bond donors (Lipinski definition) is 1. The summed E-state index contributed by atoms with van der Waals surface area (Å²) in [6.45, 7) is 1.67. The van der Waals surface area contributed by atoms with Gasteiger partial charge in [0.2, 0.25) is 15.9 Å². The van der Waals surface area contributed by atoms with Crippen LogP contribution in [0.25, 0.3) is 0 Å². The predicted octanol–water partition coefficient (Wildman–Crippen LogP) is 1.40. The monoisotopic (exact) mass is 337 g/mol. The fraction of sp³-hybridized carbons (Fsp3) is 0.625. The number of sulfonamides is 1. The van der Waals surface area contributed by atoms with Crippen molar-refractivity contribution in [1.29, 1.82) is 0 Å². The highest BCUT2D eigenvalue weighted by Crippen LogP contribution is 2.27. The van der Waals surface area contributed by atoms with E-state index in [1.165, 1.54) is 10.5 Å². The van der Waals surface area contributed by atoms with E-state index in [-0.39, 0.29) is 16.7 Å². The Balaban J connectivity index is 1.49. The van der Waals surface area contributed by atoms with E-state index in [4.69, 9.17) is 0 Å². The molecule has 1 amide bonds. The first-order chi connectivity index (χ1) is 11.1. The van der Waals surface area contributed by atoms with Crippen molar-refractivity contribution in [3.63, 3.8) is 0 Å². The Hall–Kier alpha value is -1.47. The molecule has 2 heterocycles. The number of piperidine rings is 1. The summed E-state index contributed by atoms with van der Waals surface area (Å²) in [6, 6.07) is 3.21. The van der Waals surface area contributed by atoms with Gasteiger partial charge < -0.3 is 5.32 Å². The summed E-state index contributed by atoms with van der Waals surface area (Å²) in [5.41, 5.74) is 0. The minimum absolute atomic E-state index is 0.168. The first-order valence-corrected chi connectivity index (χ1v) is 9.69. The number of amides is 1. The van der Waals surface area contributed by atoms with E-state index in [0.29, 0.717) is 25.6 Å². The van der Waals surface area contributed by atoms with Crippen molar-refractivity contribution in [2.75, 3.05) is 19.6 Å². The molecule has 1 aromatic heterocycles. The number of carbonyl (C=O) groups excluding carboxylic acids is 1. The van der Waals surface area contributed by atoms with Gasteiger partial charge in [0.1, 0.15) is 4.90 Å². The van der Waals surface area contributed by atoms with Crippen LogP contribution in [0.4, 0.5) is 0 Å². The second-order valence-electron chi connectivity index (χ2n) is 6.41. The van der Waals surface area contributed by atoms with Crippen LogP contribution >= 0.6 is 0 Å². The van der Waals surface area contributed by atoms with Gasteiger partial charge in [-0.2, -0.15) is 4.31 Å². The van der Waals surface area contributed by atoms with Crippen molar-refractivity contribution in [2.45, 2.75) is 37.0 Å². The summed E-state index contributed by atoms with van der Waals surface area (Å²) in [6.07, 6.45) is 7.69. The molecular weight excluding hydrogens is 314 g/mol. The highest BCUT2D eigenvalue weighted by molar-refractivity contribution is 7.89. The molecular formula is C16H23N3O3S. The Morgan fingerprint density at radius 2 is 2.00 bits per heavy atom. The Morgan fingerprint density at radius 1 is 1.26 bits per heavy atom. The summed E-state index contributed by atoms with van der Waals surface area (Å²) in [4.78, 5) is 16.0. The van der Waals surface area contributed by atoms with Crippen molar-refractivity contribution < 1.29 is 13.2 Å². The van der Waals surface area contributed by atoms with Crippen LogP contribution in [0.2, 0.25) is 0 Å². The number of hydrogen-bond acceptors (Lipinski definition) is 4. The third kappa shape index (κ3) is 3.72. The Labute approximate surface area is 137 Å². The average molecular weight is 337 g/mol. The van der Waals surface area contributed by atoms with Crippen molar-refractivity contribution in [3.8, 4) is 0 Å². The van der Waals surface area contributed by atoms with E-state index in [2.05, 4.69) is 10.3 Å². The molecule has 1 saturated carbocycles. The first-order valence-electron chi connectivity index (χ1n) is 8.25. The van der Waals surface area contributed by atoms with Gasteiger partial charge in [-0.15, -0.1) is 0 Å².